The van der Waals surface area contributed by atoms with Crippen molar-refractivity contribution in [1.29, 1.82) is 0 Å². The van der Waals surface area contributed by atoms with Gasteiger partial charge < -0.3 is 14.8 Å². The van der Waals surface area contributed by atoms with Gasteiger partial charge in [0.2, 0.25) is 0 Å². The third-order valence-corrected chi connectivity index (χ3v) is 3.70. The van der Waals surface area contributed by atoms with Crippen molar-refractivity contribution in [2.75, 3.05) is 20.3 Å². The van der Waals surface area contributed by atoms with Gasteiger partial charge in [-0.15, -0.1) is 0 Å². The average Bonchev–Trinajstić information content (AvgIpc) is 2.40. The quantitative estimate of drug-likeness (QED) is 0.780. The van der Waals surface area contributed by atoms with Gasteiger partial charge in [0.05, 0.1) is 12.2 Å². The molecule has 0 spiro atoms. The van der Waals surface area contributed by atoms with Crippen LogP contribution in [0, 0.1) is 0 Å². The highest BCUT2D eigenvalue weighted by molar-refractivity contribution is 6.30. The maximum atomic E-state index is 6.09. The monoisotopic (exact) mass is 299 g/mol. The van der Waals surface area contributed by atoms with Crippen LogP contribution in [-0.2, 0) is 4.74 Å². The number of hydrogen-bond acceptors (Lipinski definition) is 3. The normalized spacial score (nSPS) is 13.3. The van der Waals surface area contributed by atoms with Gasteiger partial charge in [-0.05, 0) is 45.5 Å². The van der Waals surface area contributed by atoms with Gasteiger partial charge in [0.15, 0.2) is 0 Å². The number of rotatable bonds is 8. The number of benzene rings is 1. The molecule has 3 nitrogen and oxygen atoms in total. The third kappa shape index (κ3) is 5.31. The smallest absolute Gasteiger partial charge is 0.124 e. The molecule has 114 valence electrons. The minimum atomic E-state index is -0.167. The summed E-state index contributed by atoms with van der Waals surface area (Å²) in [5.74, 6) is 0.884. The van der Waals surface area contributed by atoms with Crippen LogP contribution in [0.3, 0.4) is 0 Å². The summed E-state index contributed by atoms with van der Waals surface area (Å²) in [6.45, 7) is 9.84. The molecule has 1 aromatic rings. The molecule has 1 atom stereocenters. The fourth-order valence-corrected chi connectivity index (χ4v) is 2.09. The van der Waals surface area contributed by atoms with Gasteiger partial charge in [-0.2, -0.15) is 0 Å². The van der Waals surface area contributed by atoms with Crippen LogP contribution < -0.4 is 10.1 Å². The number of ether oxygens (including phenoxy) is 2. The van der Waals surface area contributed by atoms with Gasteiger partial charge in [-0.1, -0.05) is 18.5 Å². The summed E-state index contributed by atoms with van der Waals surface area (Å²) in [5, 5.41) is 4.11. The van der Waals surface area contributed by atoms with E-state index in [0.29, 0.717) is 6.61 Å². The highest BCUT2D eigenvalue weighted by atomic mass is 35.5. The fraction of sp³-hybridized carbons (Fsp3) is 0.625. The molecule has 0 aliphatic carbocycles. The van der Waals surface area contributed by atoms with Gasteiger partial charge in [-0.3, -0.25) is 0 Å². The second-order valence-electron chi connectivity index (χ2n) is 5.52. The second kappa shape index (κ2) is 7.87. The Morgan fingerprint density at radius 3 is 2.65 bits per heavy atom. The van der Waals surface area contributed by atoms with Crippen molar-refractivity contribution in [3.05, 3.63) is 28.8 Å². The standard InChI is InChI=1S/C16H26ClNO2/c1-6-18-12(2)14-11-13(17)7-8-15(14)20-10-9-16(3,4)19-5/h7-8,11-12,18H,6,9-10H2,1-5H3. The largest absolute Gasteiger partial charge is 0.493 e. The topological polar surface area (TPSA) is 30.5 Å². The zero-order valence-electron chi connectivity index (χ0n) is 13.1. The van der Waals surface area contributed by atoms with E-state index >= 15 is 0 Å². The zero-order valence-corrected chi connectivity index (χ0v) is 13.9. The molecule has 1 unspecified atom stereocenters. The van der Waals surface area contributed by atoms with Crippen LogP contribution in [0.2, 0.25) is 5.02 Å². The molecule has 4 heteroatoms. The molecule has 20 heavy (non-hydrogen) atoms. The van der Waals surface area contributed by atoms with Crippen LogP contribution in [0.1, 0.15) is 45.7 Å². The van der Waals surface area contributed by atoms with E-state index in [2.05, 4.69) is 33.0 Å². The van der Waals surface area contributed by atoms with Crippen molar-refractivity contribution >= 4 is 11.6 Å². The van der Waals surface area contributed by atoms with Gasteiger partial charge >= 0.3 is 0 Å². The van der Waals surface area contributed by atoms with Crippen molar-refractivity contribution in [1.82, 2.24) is 5.32 Å². The fourth-order valence-electron chi connectivity index (χ4n) is 1.91. The molecule has 1 N–H and O–H groups in total. The van der Waals surface area contributed by atoms with E-state index in [1.54, 1.807) is 7.11 Å². The van der Waals surface area contributed by atoms with Crippen molar-refractivity contribution < 1.29 is 9.47 Å². The first kappa shape index (κ1) is 17.3. The van der Waals surface area contributed by atoms with Crippen LogP contribution in [0.15, 0.2) is 18.2 Å². The Bertz CT molecular complexity index is 421. The Balaban J connectivity index is 2.74. The first-order valence-corrected chi connectivity index (χ1v) is 7.48. The molecule has 0 aromatic heterocycles. The number of hydrogen-bond donors (Lipinski definition) is 1. The lowest BCUT2D eigenvalue weighted by atomic mass is 10.1. The SMILES string of the molecule is CCNC(C)c1cc(Cl)ccc1OCCC(C)(C)OC. The second-order valence-corrected chi connectivity index (χ2v) is 5.96. The lowest BCUT2D eigenvalue weighted by molar-refractivity contribution is 0.00535. The molecule has 0 fully saturated rings. The van der Waals surface area contributed by atoms with Gasteiger partial charge in [-0.25, -0.2) is 0 Å². The minimum absolute atomic E-state index is 0.167. The van der Waals surface area contributed by atoms with Crippen LogP contribution in [-0.4, -0.2) is 25.9 Å². The Morgan fingerprint density at radius 1 is 1.35 bits per heavy atom. The predicted molar refractivity (Wildman–Crippen MR) is 84.7 cm³/mol. The predicted octanol–water partition coefficient (Wildman–Crippen LogP) is 4.20. The molecular formula is C16H26ClNO2. The Morgan fingerprint density at radius 2 is 2.05 bits per heavy atom. The minimum Gasteiger partial charge on any atom is -0.493 e. The van der Waals surface area contributed by atoms with Crippen molar-refractivity contribution in [3.63, 3.8) is 0 Å². The van der Waals surface area contributed by atoms with Crippen LogP contribution in [0.5, 0.6) is 5.75 Å². The highest BCUT2D eigenvalue weighted by Gasteiger charge is 2.17. The summed E-state index contributed by atoms with van der Waals surface area (Å²) < 4.78 is 11.3. The number of methoxy groups -OCH3 is 1. The average molecular weight is 300 g/mol. The third-order valence-electron chi connectivity index (χ3n) is 3.46. The van der Waals surface area contributed by atoms with Crippen LogP contribution >= 0.6 is 11.6 Å². The van der Waals surface area contributed by atoms with E-state index in [4.69, 9.17) is 21.1 Å². The summed E-state index contributed by atoms with van der Waals surface area (Å²) >= 11 is 6.09. The Hall–Kier alpha value is -0.770. The molecule has 0 amide bonds. The number of halogens is 1. The van der Waals surface area contributed by atoms with Crippen molar-refractivity contribution in [2.24, 2.45) is 0 Å². The van der Waals surface area contributed by atoms with E-state index in [9.17, 15) is 0 Å². The zero-order chi connectivity index (χ0) is 15.2. The van der Waals surface area contributed by atoms with E-state index in [1.807, 2.05) is 18.2 Å². The summed E-state index contributed by atoms with van der Waals surface area (Å²) in [4.78, 5) is 0. The molecule has 1 rings (SSSR count). The summed E-state index contributed by atoms with van der Waals surface area (Å²) in [5.41, 5.74) is 0.925. The molecule has 0 saturated heterocycles. The lowest BCUT2D eigenvalue weighted by Gasteiger charge is -2.24. The van der Waals surface area contributed by atoms with Crippen LogP contribution in [0.4, 0.5) is 0 Å². The van der Waals surface area contributed by atoms with Gasteiger partial charge in [0, 0.05) is 30.2 Å². The number of nitrogens with one attached hydrogen (secondary N) is 1. The maximum Gasteiger partial charge on any atom is 0.124 e. The summed E-state index contributed by atoms with van der Waals surface area (Å²) in [6, 6.07) is 5.97. The maximum absolute atomic E-state index is 6.09. The summed E-state index contributed by atoms with van der Waals surface area (Å²) in [7, 11) is 1.72. The Kier molecular flexibility index (Phi) is 6.80. The van der Waals surface area contributed by atoms with Crippen molar-refractivity contribution in [3.8, 4) is 5.75 Å². The van der Waals surface area contributed by atoms with Gasteiger partial charge in [0.25, 0.3) is 0 Å². The van der Waals surface area contributed by atoms with E-state index < -0.39 is 0 Å². The first-order valence-electron chi connectivity index (χ1n) is 7.10. The van der Waals surface area contributed by atoms with E-state index in [-0.39, 0.29) is 11.6 Å². The van der Waals surface area contributed by atoms with Crippen LogP contribution in [0.25, 0.3) is 0 Å². The first-order chi connectivity index (χ1) is 9.39. The van der Waals surface area contributed by atoms with Crippen molar-refractivity contribution in [2.45, 2.75) is 45.8 Å². The van der Waals surface area contributed by atoms with Gasteiger partial charge in [0.1, 0.15) is 5.75 Å². The summed E-state index contributed by atoms with van der Waals surface area (Å²) in [6.07, 6.45) is 0.834. The molecule has 1 aromatic carbocycles. The molecule has 0 bridgehead atoms. The van der Waals surface area contributed by atoms with E-state index in [0.717, 1.165) is 29.3 Å². The highest BCUT2D eigenvalue weighted by Crippen LogP contribution is 2.29. The molecular weight excluding hydrogens is 274 g/mol. The molecule has 0 aliphatic rings. The lowest BCUT2D eigenvalue weighted by Crippen LogP contribution is -2.25. The Labute approximate surface area is 127 Å². The molecule has 0 aliphatic heterocycles. The molecule has 0 radical (unpaired) electrons. The molecule has 0 saturated carbocycles. The molecule has 0 heterocycles. The van der Waals surface area contributed by atoms with E-state index in [1.165, 1.54) is 0 Å².